The topological polar surface area (TPSA) is 78.1 Å². The van der Waals surface area contributed by atoms with E-state index < -0.39 is 29.5 Å². The molecule has 0 aliphatic carbocycles. The summed E-state index contributed by atoms with van der Waals surface area (Å²) in [5.41, 5.74) is 0.365. The number of hydrogen-bond acceptors (Lipinski definition) is 3. The number of halogens is 3. The number of likely N-dealkylation sites (N-methyl/N-ethyl adjacent to an activating group) is 1. The molecule has 1 aliphatic rings. The van der Waals surface area contributed by atoms with Crippen LogP contribution < -0.4 is 5.32 Å². The van der Waals surface area contributed by atoms with Gasteiger partial charge in [0.15, 0.2) is 5.82 Å². The van der Waals surface area contributed by atoms with Crippen molar-refractivity contribution < 1.29 is 22.8 Å². The van der Waals surface area contributed by atoms with Gasteiger partial charge in [0.05, 0.1) is 5.56 Å². The number of aromatic amines is 1. The van der Waals surface area contributed by atoms with E-state index in [4.69, 9.17) is 0 Å². The predicted octanol–water partition coefficient (Wildman–Crippen LogP) is 3.54. The molecule has 3 rings (SSSR count). The number of aromatic nitrogens is 2. The zero-order chi connectivity index (χ0) is 21.6. The summed E-state index contributed by atoms with van der Waals surface area (Å²) < 4.78 is 38.5. The van der Waals surface area contributed by atoms with E-state index in [0.717, 1.165) is 17.8 Å². The molecular formula is C20H23F3N4O2. The summed E-state index contributed by atoms with van der Waals surface area (Å²) in [6, 6.07) is 6.29. The second-order valence-electron chi connectivity index (χ2n) is 8.33. The fraction of sp³-hybridized carbons (Fsp3) is 0.450. The molecule has 0 bridgehead atoms. The van der Waals surface area contributed by atoms with Crippen LogP contribution in [0, 0.1) is 5.92 Å². The van der Waals surface area contributed by atoms with E-state index in [1.807, 2.05) is 20.8 Å². The highest BCUT2D eigenvalue weighted by atomic mass is 19.4. The molecule has 1 aliphatic heterocycles. The number of carbonyl (C=O) groups excluding carboxylic acids is 2. The lowest BCUT2D eigenvalue weighted by Crippen LogP contribution is -2.32. The van der Waals surface area contributed by atoms with E-state index in [1.54, 1.807) is 13.1 Å². The molecule has 156 valence electrons. The van der Waals surface area contributed by atoms with Crippen LogP contribution in [0.1, 0.15) is 43.5 Å². The van der Waals surface area contributed by atoms with Crippen molar-refractivity contribution in [1.82, 2.24) is 15.1 Å². The first-order valence-corrected chi connectivity index (χ1v) is 9.17. The third-order valence-electron chi connectivity index (χ3n) is 5.10. The van der Waals surface area contributed by atoms with Crippen LogP contribution in [0.5, 0.6) is 0 Å². The van der Waals surface area contributed by atoms with Gasteiger partial charge in [-0.15, -0.1) is 0 Å². The smallest absolute Gasteiger partial charge is 0.344 e. The standard InChI is InChI=1S/C20H23F3N4O2/c1-19(2,3)14-9-15(26-25-14)24-17(28)16-13(10-27(4)18(16)29)11-5-7-12(8-6-11)20(21,22)23/h5-9,13,16H,10H2,1-4H3,(H2,24,25,26,28)/t13-,16+/m0/s1. The number of nitrogens with zero attached hydrogens (tertiary/aromatic N) is 2. The molecule has 2 aromatic rings. The fourth-order valence-corrected chi connectivity index (χ4v) is 3.39. The van der Waals surface area contributed by atoms with Crippen LogP contribution in [-0.2, 0) is 21.2 Å². The minimum atomic E-state index is -4.44. The molecule has 0 spiro atoms. The molecule has 2 heterocycles. The lowest BCUT2D eigenvalue weighted by Gasteiger charge is -2.17. The monoisotopic (exact) mass is 408 g/mol. The van der Waals surface area contributed by atoms with E-state index in [2.05, 4.69) is 15.5 Å². The van der Waals surface area contributed by atoms with Crippen LogP contribution in [-0.4, -0.2) is 40.5 Å². The summed E-state index contributed by atoms with van der Waals surface area (Å²) in [7, 11) is 1.57. The zero-order valence-electron chi connectivity index (χ0n) is 16.6. The Bertz CT molecular complexity index is 913. The number of hydrogen-bond donors (Lipinski definition) is 2. The Balaban J connectivity index is 1.82. The second-order valence-corrected chi connectivity index (χ2v) is 8.33. The van der Waals surface area contributed by atoms with Crippen molar-refractivity contribution in [1.29, 1.82) is 0 Å². The summed E-state index contributed by atoms with van der Waals surface area (Å²) in [4.78, 5) is 26.8. The van der Waals surface area contributed by atoms with Crippen molar-refractivity contribution in [2.45, 2.75) is 38.3 Å². The first-order valence-electron chi connectivity index (χ1n) is 9.17. The number of H-pyrrole nitrogens is 1. The van der Waals surface area contributed by atoms with E-state index in [0.29, 0.717) is 11.4 Å². The number of alkyl halides is 3. The molecule has 6 nitrogen and oxygen atoms in total. The third kappa shape index (κ3) is 4.28. The average Bonchev–Trinajstić information content (AvgIpc) is 3.19. The van der Waals surface area contributed by atoms with Gasteiger partial charge in [-0.1, -0.05) is 32.9 Å². The van der Waals surface area contributed by atoms with Gasteiger partial charge in [0, 0.05) is 36.7 Å². The van der Waals surface area contributed by atoms with Gasteiger partial charge in [0.1, 0.15) is 5.92 Å². The predicted molar refractivity (Wildman–Crippen MR) is 101 cm³/mol. The molecule has 1 saturated heterocycles. The molecule has 2 amide bonds. The summed E-state index contributed by atoms with van der Waals surface area (Å²) >= 11 is 0. The number of nitrogens with one attached hydrogen (secondary N) is 2. The van der Waals surface area contributed by atoms with Crippen LogP contribution in [0.4, 0.5) is 19.0 Å². The summed E-state index contributed by atoms with van der Waals surface area (Å²) in [5, 5.41) is 9.58. The Hall–Kier alpha value is -2.84. The maximum Gasteiger partial charge on any atom is 0.416 e. The highest BCUT2D eigenvalue weighted by Crippen LogP contribution is 2.36. The summed E-state index contributed by atoms with van der Waals surface area (Å²) in [6.45, 7) is 6.21. The SMILES string of the molecule is CN1C[C@@H](c2ccc(C(F)(F)F)cc2)[C@H](C(=O)Nc2cc(C(C)(C)C)[nH]n2)C1=O. The van der Waals surface area contributed by atoms with Gasteiger partial charge < -0.3 is 10.2 Å². The Morgan fingerprint density at radius 2 is 1.83 bits per heavy atom. The maximum absolute atomic E-state index is 12.8. The van der Waals surface area contributed by atoms with Crippen LogP contribution in [0.2, 0.25) is 0 Å². The number of anilines is 1. The number of likely N-dealkylation sites (tertiary alicyclic amines) is 1. The van der Waals surface area contributed by atoms with Crippen molar-refractivity contribution in [2.75, 3.05) is 18.9 Å². The molecule has 1 fully saturated rings. The molecule has 2 atom stereocenters. The molecule has 0 saturated carbocycles. The Kier molecular flexibility index (Phi) is 5.19. The quantitative estimate of drug-likeness (QED) is 0.763. The van der Waals surface area contributed by atoms with Crippen molar-refractivity contribution in [3.05, 3.63) is 47.2 Å². The van der Waals surface area contributed by atoms with Crippen molar-refractivity contribution in [3.63, 3.8) is 0 Å². The zero-order valence-corrected chi connectivity index (χ0v) is 16.6. The third-order valence-corrected chi connectivity index (χ3v) is 5.10. The first-order chi connectivity index (χ1) is 13.4. The molecular weight excluding hydrogens is 385 g/mol. The Morgan fingerprint density at radius 1 is 1.21 bits per heavy atom. The van der Waals surface area contributed by atoms with Gasteiger partial charge in [0.2, 0.25) is 11.8 Å². The van der Waals surface area contributed by atoms with E-state index in [9.17, 15) is 22.8 Å². The van der Waals surface area contributed by atoms with E-state index >= 15 is 0 Å². The number of rotatable bonds is 3. The van der Waals surface area contributed by atoms with Crippen LogP contribution in [0.25, 0.3) is 0 Å². The Morgan fingerprint density at radius 3 is 2.34 bits per heavy atom. The molecule has 2 N–H and O–H groups in total. The van der Waals surface area contributed by atoms with Gasteiger partial charge >= 0.3 is 6.18 Å². The highest BCUT2D eigenvalue weighted by molar-refractivity contribution is 6.08. The van der Waals surface area contributed by atoms with E-state index in [1.165, 1.54) is 17.0 Å². The molecule has 1 aromatic heterocycles. The lowest BCUT2D eigenvalue weighted by molar-refractivity contribution is -0.138. The second kappa shape index (κ2) is 7.20. The largest absolute Gasteiger partial charge is 0.416 e. The number of carbonyl (C=O) groups is 2. The normalized spacial score (nSPS) is 20.2. The lowest BCUT2D eigenvalue weighted by atomic mass is 9.87. The van der Waals surface area contributed by atoms with Gasteiger partial charge in [-0.25, -0.2) is 0 Å². The number of benzene rings is 1. The van der Waals surface area contributed by atoms with E-state index in [-0.39, 0.29) is 17.9 Å². The van der Waals surface area contributed by atoms with Gasteiger partial charge in [0.25, 0.3) is 0 Å². The fourth-order valence-electron chi connectivity index (χ4n) is 3.39. The minimum absolute atomic E-state index is 0.192. The highest BCUT2D eigenvalue weighted by Gasteiger charge is 2.44. The van der Waals surface area contributed by atoms with Crippen LogP contribution in [0.3, 0.4) is 0 Å². The first kappa shape index (κ1) is 20.9. The Labute approximate surface area is 166 Å². The average molecular weight is 408 g/mol. The van der Waals surface area contributed by atoms with Crippen molar-refractivity contribution in [3.8, 4) is 0 Å². The minimum Gasteiger partial charge on any atom is -0.344 e. The van der Waals surface area contributed by atoms with Crippen molar-refractivity contribution >= 4 is 17.6 Å². The van der Waals surface area contributed by atoms with Gasteiger partial charge in [-0.05, 0) is 17.7 Å². The molecule has 0 unspecified atom stereocenters. The molecule has 1 aromatic carbocycles. The number of amides is 2. The molecule has 0 radical (unpaired) electrons. The van der Waals surface area contributed by atoms with Crippen LogP contribution in [0.15, 0.2) is 30.3 Å². The van der Waals surface area contributed by atoms with Crippen molar-refractivity contribution in [2.24, 2.45) is 5.92 Å². The summed E-state index contributed by atoms with van der Waals surface area (Å²) in [6.07, 6.45) is -4.44. The van der Waals surface area contributed by atoms with Gasteiger partial charge in [-0.3, -0.25) is 14.7 Å². The summed E-state index contributed by atoms with van der Waals surface area (Å²) in [5.74, 6) is -2.19. The van der Waals surface area contributed by atoms with Crippen LogP contribution >= 0.6 is 0 Å². The molecule has 9 heteroatoms. The maximum atomic E-state index is 12.8. The van der Waals surface area contributed by atoms with Gasteiger partial charge in [-0.2, -0.15) is 18.3 Å². The molecule has 29 heavy (non-hydrogen) atoms.